The van der Waals surface area contributed by atoms with E-state index in [-0.39, 0.29) is 5.82 Å². The summed E-state index contributed by atoms with van der Waals surface area (Å²) in [6.45, 7) is 0.789. The molecular weight excluding hydrogens is 347 g/mol. The van der Waals surface area contributed by atoms with Gasteiger partial charge in [0.2, 0.25) is 0 Å². The van der Waals surface area contributed by atoms with Crippen LogP contribution < -0.4 is 0 Å². The monoisotopic (exact) mass is 356 g/mol. The number of aromatic amines is 1. The predicted octanol–water partition coefficient (Wildman–Crippen LogP) is 4.90. The molecule has 0 spiro atoms. The van der Waals surface area contributed by atoms with Crippen molar-refractivity contribution in [3.8, 4) is 0 Å². The largest absolute Gasteiger partial charge is 0.330 e. The van der Waals surface area contributed by atoms with Crippen molar-refractivity contribution < 1.29 is 4.39 Å². The van der Waals surface area contributed by atoms with E-state index >= 15 is 0 Å². The van der Waals surface area contributed by atoms with Crippen molar-refractivity contribution in [2.24, 2.45) is 0 Å². The minimum Gasteiger partial charge on any atom is -0.330 e. The molecule has 0 radical (unpaired) electrons. The molecule has 0 aliphatic rings. The maximum absolute atomic E-state index is 13.2. The van der Waals surface area contributed by atoms with Gasteiger partial charge in [0.15, 0.2) is 4.77 Å². The van der Waals surface area contributed by atoms with Crippen LogP contribution >= 0.6 is 39.5 Å². The Bertz CT molecular complexity index is 787. The highest BCUT2D eigenvalue weighted by Crippen LogP contribution is 2.23. The van der Waals surface area contributed by atoms with Crippen LogP contribution in [0.3, 0.4) is 0 Å². The fraction of sp³-hybridized carbons (Fsp3) is 0.154. The standard InChI is InChI=1S/C13H10BrFN2S2/c14-12-4-2-9(19-12)5-6-17-11-3-1-8(15)7-10(11)16-13(17)18/h1-4,7H,5-6H2,(H,16,18). The fourth-order valence-corrected chi connectivity index (χ4v) is 3.84. The molecule has 0 aliphatic heterocycles. The lowest BCUT2D eigenvalue weighted by molar-refractivity contribution is 0.629. The third kappa shape index (κ3) is 2.66. The van der Waals surface area contributed by atoms with Gasteiger partial charge >= 0.3 is 0 Å². The van der Waals surface area contributed by atoms with Crippen LogP contribution in [-0.4, -0.2) is 9.55 Å². The summed E-state index contributed by atoms with van der Waals surface area (Å²) in [7, 11) is 0. The molecule has 0 saturated carbocycles. The lowest BCUT2D eigenvalue weighted by Gasteiger charge is -2.03. The molecular formula is C13H10BrFN2S2. The first-order chi connectivity index (χ1) is 9.13. The van der Waals surface area contributed by atoms with E-state index < -0.39 is 0 Å². The Labute approximate surface area is 127 Å². The van der Waals surface area contributed by atoms with E-state index in [1.165, 1.54) is 17.0 Å². The zero-order chi connectivity index (χ0) is 13.4. The number of rotatable bonds is 3. The topological polar surface area (TPSA) is 20.7 Å². The van der Waals surface area contributed by atoms with E-state index in [9.17, 15) is 4.39 Å². The van der Waals surface area contributed by atoms with Gasteiger partial charge in [-0.25, -0.2) is 4.39 Å². The number of nitrogens with one attached hydrogen (secondary N) is 1. The average Bonchev–Trinajstić information content (AvgIpc) is 2.89. The molecule has 0 aliphatic carbocycles. The lowest BCUT2D eigenvalue weighted by atomic mass is 10.3. The Morgan fingerprint density at radius 3 is 2.89 bits per heavy atom. The van der Waals surface area contributed by atoms with Crippen LogP contribution in [0.4, 0.5) is 4.39 Å². The van der Waals surface area contributed by atoms with Gasteiger partial charge < -0.3 is 9.55 Å². The molecule has 2 heterocycles. The van der Waals surface area contributed by atoms with Crippen LogP contribution in [0.1, 0.15) is 4.88 Å². The third-order valence-electron chi connectivity index (χ3n) is 2.95. The molecule has 1 N–H and O–H groups in total. The molecule has 6 heteroatoms. The number of thiophene rings is 1. The second-order valence-electron chi connectivity index (χ2n) is 4.20. The molecule has 0 fully saturated rings. The summed E-state index contributed by atoms with van der Waals surface area (Å²) in [5.74, 6) is -0.252. The van der Waals surface area contributed by atoms with Gasteiger partial charge in [0.1, 0.15) is 5.82 Å². The minimum atomic E-state index is -0.252. The van der Waals surface area contributed by atoms with Gasteiger partial charge in [-0.2, -0.15) is 0 Å². The maximum Gasteiger partial charge on any atom is 0.178 e. The predicted molar refractivity (Wildman–Crippen MR) is 82.8 cm³/mol. The van der Waals surface area contributed by atoms with Crippen molar-refractivity contribution in [3.63, 3.8) is 0 Å². The first-order valence-corrected chi connectivity index (χ1v) is 7.77. The Hall–Kier alpha value is -0.980. The number of aryl methyl sites for hydroxylation is 2. The molecule has 2 aromatic heterocycles. The molecule has 19 heavy (non-hydrogen) atoms. The highest BCUT2D eigenvalue weighted by Gasteiger charge is 2.06. The van der Waals surface area contributed by atoms with E-state index in [1.54, 1.807) is 17.4 Å². The molecule has 0 unspecified atom stereocenters. The van der Waals surface area contributed by atoms with E-state index in [0.717, 1.165) is 27.8 Å². The maximum atomic E-state index is 13.2. The van der Waals surface area contributed by atoms with E-state index in [2.05, 4.69) is 27.0 Å². The van der Waals surface area contributed by atoms with E-state index in [4.69, 9.17) is 12.2 Å². The molecule has 0 saturated heterocycles. The molecule has 2 nitrogen and oxygen atoms in total. The van der Waals surface area contributed by atoms with Gasteiger partial charge in [-0.15, -0.1) is 11.3 Å². The molecule has 0 bridgehead atoms. The van der Waals surface area contributed by atoms with Crippen LogP contribution in [0.5, 0.6) is 0 Å². The number of hydrogen-bond acceptors (Lipinski definition) is 2. The smallest absolute Gasteiger partial charge is 0.178 e. The van der Waals surface area contributed by atoms with Gasteiger partial charge in [0.05, 0.1) is 14.8 Å². The van der Waals surface area contributed by atoms with Crippen molar-refractivity contribution in [2.75, 3.05) is 0 Å². The second-order valence-corrected chi connectivity index (χ2v) is 7.13. The van der Waals surface area contributed by atoms with Gasteiger partial charge in [-0.05, 0) is 64.9 Å². The number of aromatic nitrogens is 2. The Balaban J connectivity index is 1.92. The molecule has 0 amide bonds. The number of H-pyrrole nitrogens is 1. The molecule has 3 rings (SSSR count). The number of imidazole rings is 1. The van der Waals surface area contributed by atoms with Crippen molar-refractivity contribution >= 4 is 50.5 Å². The van der Waals surface area contributed by atoms with E-state index in [1.807, 2.05) is 10.6 Å². The molecule has 3 aromatic rings. The van der Waals surface area contributed by atoms with Crippen LogP contribution in [0, 0.1) is 10.6 Å². The summed E-state index contributed by atoms with van der Waals surface area (Å²) < 4.78 is 16.9. The minimum absolute atomic E-state index is 0.252. The zero-order valence-electron chi connectivity index (χ0n) is 9.82. The Morgan fingerprint density at radius 1 is 1.32 bits per heavy atom. The second kappa shape index (κ2) is 5.19. The summed E-state index contributed by atoms with van der Waals surface area (Å²) in [6, 6.07) is 8.85. The summed E-state index contributed by atoms with van der Waals surface area (Å²) in [6.07, 6.45) is 0.912. The van der Waals surface area contributed by atoms with Crippen LogP contribution in [0.15, 0.2) is 34.1 Å². The van der Waals surface area contributed by atoms with Crippen LogP contribution in [0.2, 0.25) is 0 Å². The quantitative estimate of drug-likeness (QED) is 0.661. The first kappa shape index (κ1) is 13.0. The SMILES string of the molecule is Fc1ccc2c(c1)[nH]c(=S)n2CCc1ccc(Br)s1. The van der Waals surface area contributed by atoms with Crippen LogP contribution in [-0.2, 0) is 13.0 Å². The number of benzene rings is 1. The normalized spacial score (nSPS) is 11.3. The van der Waals surface area contributed by atoms with Crippen molar-refractivity contribution in [2.45, 2.75) is 13.0 Å². The summed E-state index contributed by atoms with van der Waals surface area (Å²) in [5.41, 5.74) is 1.69. The first-order valence-electron chi connectivity index (χ1n) is 5.76. The highest BCUT2D eigenvalue weighted by atomic mass is 79.9. The third-order valence-corrected chi connectivity index (χ3v) is 4.95. The van der Waals surface area contributed by atoms with E-state index in [0.29, 0.717) is 4.77 Å². The number of halogens is 2. The van der Waals surface area contributed by atoms with Crippen molar-refractivity contribution in [3.05, 3.63) is 49.6 Å². The average molecular weight is 357 g/mol. The summed E-state index contributed by atoms with van der Waals surface area (Å²) in [5, 5.41) is 0. The fourth-order valence-electron chi connectivity index (χ4n) is 2.07. The highest BCUT2D eigenvalue weighted by molar-refractivity contribution is 9.11. The van der Waals surface area contributed by atoms with Gasteiger partial charge in [-0.1, -0.05) is 0 Å². The van der Waals surface area contributed by atoms with Crippen LogP contribution in [0.25, 0.3) is 11.0 Å². The van der Waals surface area contributed by atoms with Gasteiger partial charge in [-0.3, -0.25) is 0 Å². The van der Waals surface area contributed by atoms with Crippen molar-refractivity contribution in [1.82, 2.24) is 9.55 Å². The Kier molecular flexibility index (Phi) is 3.56. The van der Waals surface area contributed by atoms with Gasteiger partial charge in [0, 0.05) is 11.4 Å². The molecule has 1 aromatic carbocycles. The number of fused-ring (bicyclic) bond motifs is 1. The number of nitrogens with zero attached hydrogens (tertiary/aromatic N) is 1. The summed E-state index contributed by atoms with van der Waals surface area (Å²) >= 11 is 10.5. The van der Waals surface area contributed by atoms with Gasteiger partial charge in [0.25, 0.3) is 0 Å². The lowest BCUT2D eigenvalue weighted by Crippen LogP contribution is -2.00. The van der Waals surface area contributed by atoms with Crippen molar-refractivity contribution in [1.29, 1.82) is 0 Å². The zero-order valence-corrected chi connectivity index (χ0v) is 13.0. The molecule has 98 valence electrons. The summed E-state index contributed by atoms with van der Waals surface area (Å²) in [4.78, 5) is 4.34. The molecule has 0 atom stereocenters. The Morgan fingerprint density at radius 2 is 2.16 bits per heavy atom. The number of hydrogen-bond donors (Lipinski definition) is 1.